The first-order chi connectivity index (χ1) is 20.7. The van der Waals surface area contributed by atoms with Crippen LogP contribution < -0.4 is 20.1 Å². The van der Waals surface area contributed by atoms with Gasteiger partial charge in [-0.25, -0.2) is 0 Å². The molecule has 7 atom stereocenters. The monoisotopic (exact) mass is 585 g/mol. The zero-order valence-electron chi connectivity index (χ0n) is 24.9. The number of ether oxygens (including phenoxy) is 3. The first-order valence-electron chi connectivity index (χ1n) is 15.5. The summed E-state index contributed by atoms with van der Waals surface area (Å²) in [5.41, 5.74) is 1.43. The average Bonchev–Trinajstić information content (AvgIpc) is 3.75. The zero-order chi connectivity index (χ0) is 29.9. The van der Waals surface area contributed by atoms with Crippen molar-refractivity contribution in [1.82, 2.24) is 10.2 Å². The molecule has 1 saturated carbocycles. The Labute approximate surface area is 251 Å². The molecule has 226 valence electrons. The van der Waals surface area contributed by atoms with Crippen molar-refractivity contribution in [2.24, 2.45) is 17.8 Å². The van der Waals surface area contributed by atoms with Crippen molar-refractivity contribution in [3.05, 3.63) is 65.7 Å². The van der Waals surface area contributed by atoms with Gasteiger partial charge in [-0.2, -0.15) is 0 Å². The van der Waals surface area contributed by atoms with Crippen LogP contribution in [0, 0.1) is 17.8 Å². The van der Waals surface area contributed by atoms with Crippen LogP contribution in [-0.4, -0.2) is 53.2 Å². The van der Waals surface area contributed by atoms with Gasteiger partial charge < -0.3 is 29.7 Å². The van der Waals surface area contributed by atoms with Crippen molar-refractivity contribution < 1.29 is 28.6 Å². The van der Waals surface area contributed by atoms with E-state index in [0.717, 1.165) is 31.2 Å². The highest BCUT2D eigenvalue weighted by atomic mass is 16.7. The number of rotatable bonds is 7. The maximum Gasteiger partial charge on any atom is 0.246 e. The van der Waals surface area contributed by atoms with Crippen LogP contribution in [0.1, 0.15) is 63.5 Å². The van der Waals surface area contributed by atoms with Crippen molar-refractivity contribution in [3.63, 3.8) is 0 Å². The van der Waals surface area contributed by atoms with E-state index >= 15 is 0 Å². The fourth-order valence-corrected chi connectivity index (χ4v) is 7.64. The average molecular weight is 586 g/mol. The molecule has 4 heterocycles. The SMILES string of the molecule is CC(C)c1ccc(NC(=O)[C@@H]2[C@@H]3C=C[C@]4(O3)[C@@H]2C(=O)N(Cc2ccc3c(c2)OCO3)[C@H]4C(=O)N[C@@H]2CCCC[C@@H]2C)cc1. The topological polar surface area (TPSA) is 106 Å². The molecule has 7 rings (SSSR count). The summed E-state index contributed by atoms with van der Waals surface area (Å²) < 4.78 is 17.6. The maximum atomic E-state index is 14.4. The highest BCUT2D eigenvalue weighted by Gasteiger charge is 2.72. The van der Waals surface area contributed by atoms with E-state index in [2.05, 4.69) is 31.4 Å². The Bertz CT molecular complexity index is 1470. The molecule has 5 aliphatic rings. The number of hydrogen-bond acceptors (Lipinski definition) is 6. The van der Waals surface area contributed by atoms with Gasteiger partial charge in [0, 0.05) is 18.3 Å². The van der Waals surface area contributed by atoms with Crippen molar-refractivity contribution in [2.45, 2.75) is 82.7 Å². The Morgan fingerprint density at radius 2 is 1.79 bits per heavy atom. The summed E-state index contributed by atoms with van der Waals surface area (Å²) in [6.07, 6.45) is 7.31. The van der Waals surface area contributed by atoms with Crippen molar-refractivity contribution in [2.75, 3.05) is 12.1 Å². The fourth-order valence-electron chi connectivity index (χ4n) is 7.64. The Hall–Kier alpha value is -3.85. The second kappa shape index (κ2) is 10.7. The third-order valence-corrected chi connectivity index (χ3v) is 10.00. The lowest BCUT2D eigenvalue weighted by Crippen LogP contribution is -2.57. The number of carbonyl (C=O) groups excluding carboxylic acids is 3. The van der Waals surface area contributed by atoms with Gasteiger partial charge in [-0.1, -0.05) is 64.0 Å². The van der Waals surface area contributed by atoms with Crippen molar-refractivity contribution in [3.8, 4) is 11.5 Å². The van der Waals surface area contributed by atoms with E-state index in [4.69, 9.17) is 14.2 Å². The Morgan fingerprint density at radius 1 is 1.02 bits per heavy atom. The minimum absolute atomic E-state index is 0.0367. The molecule has 43 heavy (non-hydrogen) atoms. The standard InChI is InChI=1S/C34H39N3O6/c1-19(2)22-9-11-23(12-10-22)35-31(38)28-26-14-15-34(43-26)29(28)33(40)37(17-21-8-13-25-27(16-21)42-18-41-25)30(34)32(39)36-24-7-5-4-6-20(24)3/h8-16,19-20,24,26,28-30H,4-7,17-18H2,1-3H3,(H,35,38)(H,36,39)/t20-,24+,26-,28+,29-,30-,34-/m0/s1. The maximum absolute atomic E-state index is 14.4. The summed E-state index contributed by atoms with van der Waals surface area (Å²) >= 11 is 0. The minimum Gasteiger partial charge on any atom is -0.454 e. The normalized spacial score (nSPS) is 31.9. The zero-order valence-corrected chi connectivity index (χ0v) is 24.9. The highest BCUT2D eigenvalue weighted by Crippen LogP contribution is 2.55. The molecule has 2 N–H and O–H groups in total. The number of nitrogens with one attached hydrogen (secondary N) is 2. The van der Waals surface area contributed by atoms with E-state index < -0.39 is 29.6 Å². The van der Waals surface area contributed by atoms with Crippen LogP contribution in [-0.2, 0) is 25.7 Å². The molecule has 2 aromatic carbocycles. The molecule has 2 bridgehead atoms. The predicted molar refractivity (Wildman–Crippen MR) is 159 cm³/mol. The van der Waals surface area contributed by atoms with Crippen LogP contribution in [0.25, 0.3) is 0 Å². The molecule has 0 radical (unpaired) electrons. The molecule has 3 amide bonds. The van der Waals surface area contributed by atoms with E-state index in [-0.39, 0.29) is 37.1 Å². The Morgan fingerprint density at radius 3 is 2.56 bits per heavy atom. The van der Waals surface area contributed by atoms with Crippen molar-refractivity contribution in [1.29, 1.82) is 0 Å². The fraction of sp³-hybridized carbons (Fsp3) is 0.500. The van der Waals surface area contributed by atoms with Gasteiger partial charge in [-0.05, 0) is 60.1 Å². The number of carbonyl (C=O) groups is 3. The molecule has 1 aliphatic carbocycles. The number of nitrogens with zero attached hydrogens (tertiary/aromatic N) is 1. The summed E-state index contributed by atoms with van der Waals surface area (Å²) in [6, 6.07) is 12.4. The van der Waals surface area contributed by atoms with E-state index in [0.29, 0.717) is 29.0 Å². The molecule has 2 aromatic rings. The third-order valence-electron chi connectivity index (χ3n) is 10.00. The van der Waals surface area contributed by atoms with Gasteiger partial charge in [-0.15, -0.1) is 0 Å². The van der Waals surface area contributed by atoms with Crippen LogP contribution in [0.2, 0.25) is 0 Å². The summed E-state index contributed by atoms with van der Waals surface area (Å²) in [5, 5.41) is 6.30. The van der Waals surface area contributed by atoms with Crippen LogP contribution >= 0.6 is 0 Å². The van der Waals surface area contributed by atoms with Crippen LogP contribution in [0.5, 0.6) is 11.5 Å². The molecule has 9 heteroatoms. The number of anilines is 1. The predicted octanol–water partition coefficient (Wildman–Crippen LogP) is 4.52. The van der Waals surface area contributed by atoms with Gasteiger partial charge in [-0.3, -0.25) is 14.4 Å². The molecule has 4 aliphatic heterocycles. The van der Waals surface area contributed by atoms with Gasteiger partial charge in [0.15, 0.2) is 11.5 Å². The van der Waals surface area contributed by atoms with Crippen molar-refractivity contribution >= 4 is 23.4 Å². The van der Waals surface area contributed by atoms with Gasteiger partial charge in [0.05, 0.1) is 17.9 Å². The molecular weight excluding hydrogens is 546 g/mol. The molecule has 9 nitrogen and oxygen atoms in total. The molecular formula is C34H39N3O6. The summed E-state index contributed by atoms with van der Waals surface area (Å²) in [7, 11) is 0. The Balaban J connectivity index is 1.19. The third kappa shape index (κ3) is 4.69. The van der Waals surface area contributed by atoms with E-state index in [1.54, 1.807) is 4.90 Å². The second-order valence-electron chi connectivity index (χ2n) is 13.0. The van der Waals surface area contributed by atoms with Gasteiger partial charge in [0.25, 0.3) is 0 Å². The Kier molecular flexibility index (Phi) is 6.95. The summed E-state index contributed by atoms with van der Waals surface area (Å²) in [6.45, 7) is 6.73. The van der Waals surface area contributed by atoms with Gasteiger partial charge in [0.1, 0.15) is 11.6 Å². The summed E-state index contributed by atoms with van der Waals surface area (Å²) in [5.74, 6) is -0.353. The van der Waals surface area contributed by atoms with Crippen LogP contribution in [0.15, 0.2) is 54.6 Å². The first kappa shape index (κ1) is 28.0. The molecule has 2 saturated heterocycles. The lowest BCUT2D eigenvalue weighted by atomic mass is 9.74. The molecule has 1 spiro atoms. The number of hydrogen-bond donors (Lipinski definition) is 2. The largest absolute Gasteiger partial charge is 0.454 e. The number of fused-ring (bicyclic) bond motifs is 2. The lowest BCUT2D eigenvalue weighted by molar-refractivity contribution is -0.142. The van der Waals surface area contributed by atoms with E-state index in [1.807, 2.05) is 54.6 Å². The number of benzene rings is 2. The minimum atomic E-state index is -1.22. The van der Waals surface area contributed by atoms with E-state index in [1.165, 1.54) is 5.56 Å². The first-order valence-corrected chi connectivity index (χ1v) is 15.5. The lowest BCUT2D eigenvalue weighted by Gasteiger charge is -2.36. The number of likely N-dealkylation sites (tertiary alicyclic amines) is 1. The highest BCUT2D eigenvalue weighted by molar-refractivity contribution is 6.02. The molecule has 0 aromatic heterocycles. The molecule has 3 fully saturated rings. The van der Waals surface area contributed by atoms with Gasteiger partial charge >= 0.3 is 0 Å². The summed E-state index contributed by atoms with van der Waals surface area (Å²) in [4.78, 5) is 44.0. The number of amides is 3. The van der Waals surface area contributed by atoms with Gasteiger partial charge in [0.2, 0.25) is 24.5 Å². The van der Waals surface area contributed by atoms with E-state index in [9.17, 15) is 14.4 Å². The van der Waals surface area contributed by atoms with Crippen LogP contribution in [0.3, 0.4) is 0 Å². The van der Waals surface area contributed by atoms with Crippen LogP contribution in [0.4, 0.5) is 5.69 Å². The quantitative estimate of drug-likeness (QED) is 0.463. The smallest absolute Gasteiger partial charge is 0.246 e. The second-order valence-corrected chi connectivity index (χ2v) is 13.0. The molecule has 0 unspecified atom stereocenters.